The van der Waals surface area contributed by atoms with Crippen molar-refractivity contribution >= 4 is 23.2 Å². The zero-order valence-corrected chi connectivity index (χ0v) is 9.00. The van der Waals surface area contributed by atoms with Gasteiger partial charge in [-0.25, -0.2) is 0 Å². The predicted molar refractivity (Wildman–Crippen MR) is 59.1 cm³/mol. The van der Waals surface area contributed by atoms with Crippen molar-refractivity contribution in [3.8, 4) is 0 Å². The molecule has 3 nitrogen and oxygen atoms in total. The van der Waals surface area contributed by atoms with Crippen LogP contribution in [0, 0.1) is 0 Å². The summed E-state index contributed by atoms with van der Waals surface area (Å²) in [6.07, 6.45) is 0.839. The number of halogens is 1. The summed E-state index contributed by atoms with van der Waals surface area (Å²) in [6, 6.07) is 5.65. The molecule has 1 N–H and O–H groups in total. The Balaban J connectivity index is 2.32. The third kappa shape index (κ3) is 1.85. The van der Waals surface area contributed by atoms with Crippen LogP contribution in [-0.2, 0) is 17.8 Å². The van der Waals surface area contributed by atoms with E-state index in [0.717, 1.165) is 23.2 Å². The van der Waals surface area contributed by atoms with Crippen molar-refractivity contribution in [1.82, 2.24) is 0 Å². The van der Waals surface area contributed by atoms with Crippen LogP contribution in [0.5, 0.6) is 0 Å². The molecule has 1 heterocycles. The van der Waals surface area contributed by atoms with Gasteiger partial charge in [0, 0.05) is 12.2 Å². The molecule has 1 aromatic carbocycles. The molecule has 0 fully saturated rings. The summed E-state index contributed by atoms with van der Waals surface area (Å²) in [5.74, 6) is -0.0477. The number of amides is 1. The smallest absolute Gasteiger partial charge is 0.241 e. The highest BCUT2D eigenvalue weighted by Gasteiger charge is 2.23. The number of anilines is 1. The molecule has 0 aliphatic carbocycles. The number of alkyl halides is 1. The number of hydrogen-bond donors (Lipinski definition) is 1. The lowest BCUT2D eigenvalue weighted by molar-refractivity contribution is -0.116. The zero-order valence-electron chi connectivity index (χ0n) is 8.24. The summed E-state index contributed by atoms with van der Waals surface area (Å²) in [4.78, 5) is 13.2. The number of carbonyl (C=O) groups excluding carboxylic acids is 1. The van der Waals surface area contributed by atoms with Crippen LogP contribution < -0.4 is 4.90 Å². The molecule has 0 saturated carbocycles. The molecule has 1 amide bonds. The highest BCUT2D eigenvalue weighted by Crippen LogP contribution is 2.29. The molecule has 1 aromatic rings. The normalized spacial score (nSPS) is 14.1. The van der Waals surface area contributed by atoms with Crippen LogP contribution in [0.4, 0.5) is 5.69 Å². The van der Waals surface area contributed by atoms with Gasteiger partial charge in [-0.3, -0.25) is 4.79 Å². The molecule has 2 rings (SSSR count). The van der Waals surface area contributed by atoms with Crippen LogP contribution in [0.25, 0.3) is 0 Å². The Hall–Kier alpha value is -1.06. The van der Waals surface area contributed by atoms with Gasteiger partial charge in [0.2, 0.25) is 5.91 Å². The fourth-order valence-electron chi connectivity index (χ4n) is 1.88. The molecule has 1 aliphatic heterocycles. The van der Waals surface area contributed by atoms with E-state index in [1.807, 2.05) is 18.2 Å². The Kier molecular flexibility index (Phi) is 2.93. The van der Waals surface area contributed by atoms with Crippen LogP contribution in [-0.4, -0.2) is 23.4 Å². The van der Waals surface area contributed by atoms with Crippen molar-refractivity contribution < 1.29 is 9.90 Å². The molecule has 0 unspecified atom stereocenters. The van der Waals surface area contributed by atoms with Gasteiger partial charge in [-0.1, -0.05) is 12.1 Å². The van der Waals surface area contributed by atoms with Crippen LogP contribution in [0.15, 0.2) is 18.2 Å². The fraction of sp³-hybridized carbons (Fsp3) is 0.364. The zero-order chi connectivity index (χ0) is 10.8. The van der Waals surface area contributed by atoms with Crippen LogP contribution >= 0.6 is 11.6 Å². The summed E-state index contributed by atoms with van der Waals surface area (Å²) in [5, 5.41) is 8.99. The third-order valence-corrected chi connectivity index (χ3v) is 2.87. The van der Waals surface area contributed by atoms with E-state index in [1.165, 1.54) is 0 Å². The van der Waals surface area contributed by atoms with Gasteiger partial charge < -0.3 is 10.0 Å². The molecule has 0 spiro atoms. The first-order chi connectivity index (χ1) is 7.26. The lowest BCUT2D eigenvalue weighted by atomic mass is 10.1. The summed E-state index contributed by atoms with van der Waals surface area (Å²) < 4.78 is 0. The second-order valence-electron chi connectivity index (χ2n) is 3.55. The molecule has 80 valence electrons. The van der Waals surface area contributed by atoms with Gasteiger partial charge in [-0.2, -0.15) is 0 Å². The van der Waals surface area contributed by atoms with E-state index in [0.29, 0.717) is 6.54 Å². The summed E-state index contributed by atoms with van der Waals surface area (Å²) in [7, 11) is 0. The van der Waals surface area contributed by atoms with Crippen LogP contribution in [0.2, 0.25) is 0 Å². The maximum atomic E-state index is 11.5. The number of aliphatic hydroxyl groups excluding tert-OH is 1. The third-order valence-electron chi connectivity index (χ3n) is 2.64. The van der Waals surface area contributed by atoms with E-state index >= 15 is 0 Å². The number of rotatable bonds is 2. The van der Waals surface area contributed by atoms with Crippen LogP contribution in [0.3, 0.4) is 0 Å². The molecule has 15 heavy (non-hydrogen) atoms. The minimum atomic E-state index is -0.0628. The molecule has 1 aliphatic rings. The van der Waals surface area contributed by atoms with E-state index in [1.54, 1.807) is 4.90 Å². The largest absolute Gasteiger partial charge is 0.392 e. The first-order valence-electron chi connectivity index (χ1n) is 4.85. The lowest BCUT2D eigenvalue weighted by Gasteiger charge is -2.15. The molecular weight excluding hydrogens is 214 g/mol. The lowest BCUT2D eigenvalue weighted by Crippen LogP contribution is -2.29. The van der Waals surface area contributed by atoms with Crippen molar-refractivity contribution in [3.63, 3.8) is 0 Å². The van der Waals surface area contributed by atoms with Gasteiger partial charge in [0.05, 0.1) is 6.61 Å². The number of aliphatic hydroxyl groups is 1. The quantitative estimate of drug-likeness (QED) is 0.771. The first kappa shape index (κ1) is 10.5. The molecule has 0 atom stereocenters. The van der Waals surface area contributed by atoms with Crippen molar-refractivity contribution in [3.05, 3.63) is 29.3 Å². The Morgan fingerprint density at radius 1 is 1.53 bits per heavy atom. The average molecular weight is 226 g/mol. The molecule has 0 bridgehead atoms. The standard InChI is InChI=1S/C11H12ClNO2/c12-6-11(15)13-4-3-9-5-8(7-14)1-2-10(9)13/h1-2,5,14H,3-4,6-7H2. The van der Waals surface area contributed by atoms with E-state index in [4.69, 9.17) is 16.7 Å². The predicted octanol–water partition coefficient (Wildman–Crippen LogP) is 1.31. The molecule has 0 radical (unpaired) electrons. The first-order valence-corrected chi connectivity index (χ1v) is 5.38. The molecule has 0 saturated heterocycles. The molecule has 4 heteroatoms. The van der Waals surface area contributed by atoms with Crippen LogP contribution in [0.1, 0.15) is 11.1 Å². The van der Waals surface area contributed by atoms with E-state index in [-0.39, 0.29) is 18.4 Å². The van der Waals surface area contributed by atoms with E-state index < -0.39 is 0 Å². The highest BCUT2D eigenvalue weighted by molar-refractivity contribution is 6.29. The second-order valence-corrected chi connectivity index (χ2v) is 3.82. The number of carbonyl (C=O) groups is 1. The number of fused-ring (bicyclic) bond motifs is 1. The minimum Gasteiger partial charge on any atom is -0.392 e. The van der Waals surface area contributed by atoms with Crippen molar-refractivity contribution in [2.75, 3.05) is 17.3 Å². The van der Waals surface area contributed by atoms with Crippen molar-refractivity contribution in [2.24, 2.45) is 0 Å². The molecule has 0 aromatic heterocycles. The highest BCUT2D eigenvalue weighted by atomic mass is 35.5. The summed E-state index contributed by atoms with van der Waals surface area (Å²) in [6.45, 7) is 0.729. The number of benzene rings is 1. The minimum absolute atomic E-state index is 0.0151. The Labute approximate surface area is 93.3 Å². The molecular formula is C11H12ClNO2. The topological polar surface area (TPSA) is 40.5 Å². The van der Waals surface area contributed by atoms with Crippen molar-refractivity contribution in [2.45, 2.75) is 13.0 Å². The second kappa shape index (κ2) is 4.21. The monoisotopic (exact) mass is 225 g/mol. The summed E-state index contributed by atoms with van der Waals surface area (Å²) in [5.41, 5.74) is 2.92. The van der Waals surface area contributed by atoms with Gasteiger partial charge in [0.25, 0.3) is 0 Å². The fourth-order valence-corrected chi connectivity index (χ4v) is 2.03. The van der Waals surface area contributed by atoms with E-state index in [9.17, 15) is 4.79 Å². The van der Waals surface area contributed by atoms with Crippen molar-refractivity contribution in [1.29, 1.82) is 0 Å². The Morgan fingerprint density at radius 2 is 2.33 bits per heavy atom. The maximum Gasteiger partial charge on any atom is 0.241 e. The Morgan fingerprint density at radius 3 is 3.00 bits per heavy atom. The van der Waals surface area contributed by atoms with Gasteiger partial charge in [0.1, 0.15) is 5.88 Å². The van der Waals surface area contributed by atoms with Gasteiger partial charge in [-0.05, 0) is 23.6 Å². The maximum absolute atomic E-state index is 11.5. The Bertz CT molecular complexity index is 392. The summed E-state index contributed by atoms with van der Waals surface area (Å²) >= 11 is 5.53. The van der Waals surface area contributed by atoms with Gasteiger partial charge in [-0.15, -0.1) is 11.6 Å². The average Bonchev–Trinajstić information content (AvgIpc) is 2.70. The van der Waals surface area contributed by atoms with Gasteiger partial charge in [0.15, 0.2) is 0 Å². The van der Waals surface area contributed by atoms with E-state index in [2.05, 4.69) is 0 Å². The SMILES string of the molecule is O=C(CCl)N1CCc2cc(CO)ccc21. The number of nitrogens with zero attached hydrogens (tertiary/aromatic N) is 1. The van der Waals surface area contributed by atoms with Gasteiger partial charge >= 0.3 is 0 Å². The number of hydrogen-bond acceptors (Lipinski definition) is 2.